The van der Waals surface area contributed by atoms with Crippen LogP contribution in [0, 0.1) is 5.41 Å². The molecule has 3 N–H and O–H groups in total. The summed E-state index contributed by atoms with van der Waals surface area (Å²) in [6.45, 7) is 13.1. The predicted molar refractivity (Wildman–Crippen MR) is 126 cm³/mol. The van der Waals surface area contributed by atoms with E-state index in [1.54, 1.807) is 34.6 Å². The highest BCUT2D eigenvalue weighted by Crippen LogP contribution is 2.42. The molecule has 202 valence electrons. The van der Waals surface area contributed by atoms with E-state index in [0.29, 0.717) is 12.8 Å². The maximum atomic E-state index is 13.2. The van der Waals surface area contributed by atoms with Gasteiger partial charge < -0.3 is 34.7 Å². The highest BCUT2D eigenvalue weighted by molar-refractivity contribution is 6.01. The molecule has 1 fully saturated rings. The minimum absolute atomic E-state index is 0.0515. The number of hydrogen-bond donors (Lipinski definition) is 3. The lowest BCUT2D eigenvalue weighted by atomic mass is 9.66. The molecule has 0 spiro atoms. The SMILES string of the molecule is CCOC(=O)C1(C(=O)OCC)C[C@H](NC(=O)OC(C)(C)C)[C@@H](NC(C)=O)[C@H](OC(CC)CC)[C@H]1O. The molecule has 1 aliphatic carbocycles. The average molecular weight is 503 g/mol. The Balaban J connectivity index is 3.67. The normalized spacial score (nSPS) is 23.8. The molecular weight excluding hydrogens is 460 g/mol. The van der Waals surface area contributed by atoms with Crippen molar-refractivity contribution >= 4 is 23.9 Å². The first-order valence-electron chi connectivity index (χ1n) is 12.2. The number of rotatable bonds is 10. The van der Waals surface area contributed by atoms with Gasteiger partial charge in [0.05, 0.1) is 31.4 Å². The van der Waals surface area contributed by atoms with Crippen molar-refractivity contribution in [1.82, 2.24) is 10.6 Å². The van der Waals surface area contributed by atoms with Gasteiger partial charge in [0.1, 0.15) is 17.8 Å². The van der Waals surface area contributed by atoms with E-state index in [0.717, 1.165) is 0 Å². The van der Waals surface area contributed by atoms with E-state index in [1.165, 1.54) is 6.92 Å². The summed E-state index contributed by atoms with van der Waals surface area (Å²) in [5, 5.41) is 16.9. The van der Waals surface area contributed by atoms with E-state index in [-0.39, 0.29) is 19.3 Å². The first-order valence-corrected chi connectivity index (χ1v) is 12.2. The Morgan fingerprint density at radius 3 is 1.89 bits per heavy atom. The maximum Gasteiger partial charge on any atom is 0.407 e. The predicted octanol–water partition coefficient (Wildman–Crippen LogP) is 1.84. The molecule has 0 aliphatic heterocycles. The fourth-order valence-corrected chi connectivity index (χ4v) is 4.19. The maximum absolute atomic E-state index is 13.2. The topological polar surface area (TPSA) is 149 Å². The number of aliphatic hydroxyl groups is 1. The molecule has 11 heteroatoms. The van der Waals surface area contributed by atoms with Crippen molar-refractivity contribution in [3.05, 3.63) is 0 Å². The lowest BCUT2D eigenvalue weighted by Gasteiger charge is -2.49. The lowest BCUT2D eigenvalue weighted by molar-refractivity contribution is -0.207. The zero-order chi connectivity index (χ0) is 27.0. The molecule has 0 saturated heterocycles. The van der Waals surface area contributed by atoms with Gasteiger partial charge >= 0.3 is 18.0 Å². The molecule has 1 saturated carbocycles. The van der Waals surface area contributed by atoms with Gasteiger partial charge in [0.2, 0.25) is 5.91 Å². The number of carbonyl (C=O) groups is 4. The molecule has 0 aromatic heterocycles. The van der Waals surface area contributed by atoms with Crippen LogP contribution in [-0.2, 0) is 33.3 Å². The van der Waals surface area contributed by atoms with Gasteiger partial charge in [-0.25, -0.2) is 4.79 Å². The number of ether oxygens (including phenoxy) is 4. The minimum Gasteiger partial charge on any atom is -0.465 e. The Morgan fingerprint density at radius 1 is 0.971 bits per heavy atom. The van der Waals surface area contributed by atoms with Crippen molar-refractivity contribution in [2.45, 2.75) is 111 Å². The van der Waals surface area contributed by atoms with Crippen molar-refractivity contribution in [3.63, 3.8) is 0 Å². The molecule has 0 aromatic carbocycles. The van der Waals surface area contributed by atoms with Crippen LogP contribution in [0.5, 0.6) is 0 Å². The van der Waals surface area contributed by atoms with E-state index in [9.17, 15) is 24.3 Å². The van der Waals surface area contributed by atoms with Crippen LogP contribution in [0.25, 0.3) is 0 Å². The first-order chi connectivity index (χ1) is 16.3. The summed E-state index contributed by atoms with van der Waals surface area (Å²) in [4.78, 5) is 51.3. The molecule has 1 aliphatic rings. The zero-order valence-corrected chi connectivity index (χ0v) is 22.1. The monoisotopic (exact) mass is 502 g/mol. The Kier molecular flexibility index (Phi) is 11.4. The van der Waals surface area contributed by atoms with E-state index in [4.69, 9.17) is 18.9 Å². The second kappa shape index (κ2) is 13.1. The van der Waals surface area contributed by atoms with Gasteiger partial charge in [-0.05, 0) is 53.9 Å². The molecule has 0 unspecified atom stereocenters. The first kappa shape index (κ1) is 30.6. The molecule has 35 heavy (non-hydrogen) atoms. The van der Waals surface area contributed by atoms with Crippen molar-refractivity contribution < 1.29 is 43.2 Å². The molecular formula is C24H42N2O9. The van der Waals surface area contributed by atoms with Crippen LogP contribution in [0.4, 0.5) is 4.79 Å². The van der Waals surface area contributed by atoms with Crippen LogP contribution in [0.15, 0.2) is 0 Å². The third kappa shape index (κ3) is 7.79. The summed E-state index contributed by atoms with van der Waals surface area (Å²) in [6, 6.07) is -2.02. The van der Waals surface area contributed by atoms with E-state index in [1.807, 2.05) is 13.8 Å². The smallest absolute Gasteiger partial charge is 0.407 e. The van der Waals surface area contributed by atoms with Gasteiger partial charge in [-0.1, -0.05) is 13.8 Å². The molecule has 0 bridgehead atoms. The number of hydrogen-bond acceptors (Lipinski definition) is 9. The molecule has 11 nitrogen and oxygen atoms in total. The van der Waals surface area contributed by atoms with E-state index in [2.05, 4.69) is 10.6 Å². The largest absolute Gasteiger partial charge is 0.465 e. The molecule has 2 amide bonds. The third-order valence-electron chi connectivity index (χ3n) is 5.76. The highest BCUT2D eigenvalue weighted by Gasteiger charge is 2.64. The van der Waals surface area contributed by atoms with E-state index >= 15 is 0 Å². The van der Waals surface area contributed by atoms with Crippen molar-refractivity contribution in [2.24, 2.45) is 5.41 Å². The summed E-state index contributed by atoms with van der Waals surface area (Å²) in [6.07, 6.45) is -3.41. The Labute approximate surface area is 207 Å². The minimum atomic E-state index is -2.20. The molecule has 0 radical (unpaired) electrons. The second-order valence-corrected chi connectivity index (χ2v) is 9.58. The Hall–Kier alpha value is -2.40. The van der Waals surface area contributed by atoms with Gasteiger partial charge in [-0.2, -0.15) is 0 Å². The fourth-order valence-electron chi connectivity index (χ4n) is 4.19. The molecule has 0 aromatic rings. The summed E-state index contributed by atoms with van der Waals surface area (Å²) in [5.74, 6) is -2.45. The molecule has 4 atom stereocenters. The quantitative estimate of drug-likeness (QED) is 0.231. The number of esters is 2. The van der Waals surface area contributed by atoms with E-state index < -0.39 is 65.7 Å². The molecule has 1 rings (SSSR count). The summed E-state index contributed by atoms with van der Waals surface area (Å²) >= 11 is 0. The Bertz CT molecular complexity index is 728. The van der Waals surface area contributed by atoms with Crippen LogP contribution in [-0.4, -0.2) is 78.3 Å². The van der Waals surface area contributed by atoms with Gasteiger partial charge in [0, 0.05) is 6.92 Å². The second-order valence-electron chi connectivity index (χ2n) is 9.58. The lowest BCUT2D eigenvalue weighted by Crippen LogP contribution is -2.72. The fraction of sp³-hybridized carbons (Fsp3) is 0.833. The summed E-state index contributed by atoms with van der Waals surface area (Å²) in [5.41, 5.74) is -3.02. The number of alkyl carbamates (subject to hydrolysis) is 1. The van der Waals surface area contributed by atoms with Crippen molar-refractivity contribution in [1.29, 1.82) is 0 Å². The van der Waals surface area contributed by atoms with Gasteiger partial charge in [0.25, 0.3) is 0 Å². The van der Waals surface area contributed by atoms with Gasteiger partial charge in [-0.3, -0.25) is 14.4 Å². The number of carbonyl (C=O) groups excluding carboxylic acids is 4. The number of amides is 2. The standard InChI is InChI=1S/C24H42N2O9/c1-9-15(10-2)34-18-17(25-14(5)27)16(26-22(31)35-23(6,7)8)13-24(19(18)28,20(29)32-11-3)21(30)33-12-4/h15-19,28H,9-13H2,1-8H3,(H,25,27)(H,26,31)/t16-,17+,18-,19+/m0/s1. The number of aliphatic hydroxyl groups excluding tert-OH is 1. The summed E-state index contributed by atoms with van der Waals surface area (Å²) < 4.78 is 21.9. The zero-order valence-electron chi connectivity index (χ0n) is 22.1. The van der Waals surface area contributed by atoms with Gasteiger partial charge in [0.15, 0.2) is 5.41 Å². The summed E-state index contributed by atoms with van der Waals surface area (Å²) in [7, 11) is 0. The van der Waals surface area contributed by atoms with Crippen molar-refractivity contribution in [3.8, 4) is 0 Å². The van der Waals surface area contributed by atoms with Crippen LogP contribution in [0.3, 0.4) is 0 Å². The van der Waals surface area contributed by atoms with Crippen LogP contribution < -0.4 is 10.6 Å². The average Bonchev–Trinajstić information content (AvgIpc) is 2.74. The Morgan fingerprint density at radius 2 is 1.49 bits per heavy atom. The van der Waals surface area contributed by atoms with Crippen LogP contribution in [0.1, 0.15) is 74.7 Å². The highest BCUT2D eigenvalue weighted by atomic mass is 16.6. The third-order valence-corrected chi connectivity index (χ3v) is 5.76. The number of nitrogens with one attached hydrogen (secondary N) is 2. The van der Waals surface area contributed by atoms with Crippen LogP contribution >= 0.6 is 0 Å². The van der Waals surface area contributed by atoms with Crippen LogP contribution in [0.2, 0.25) is 0 Å². The van der Waals surface area contributed by atoms with Crippen molar-refractivity contribution in [2.75, 3.05) is 13.2 Å². The molecule has 0 heterocycles. The van der Waals surface area contributed by atoms with Gasteiger partial charge in [-0.15, -0.1) is 0 Å².